The van der Waals surface area contributed by atoms with Gasteiger partial charge in [0.1, 0.15) is 0 Å². The zero-order chi connectivity index (χ0) is 11.5. The van der Waals surface area contributed by atoms with Crippen molar-refractivity contribution in [1.29, 1.82) is 0 Å². The minimum atomic E-state index is 0.776. The van der Waals surface area contributed by atoms with Crippen LogP contribution in [0.3, 0.4) is 0 Å². The fraction of sp³-hybridized carbons (Fsp3) is 0.357. The number of thiazole rings is 1. The van der Waals surface area contributed by atoms with Gasteiger partial charge >= 0.3 is 0 Å². The van der Waals surface area contributed by atoms with Gasteiger partial charge in [0.2, 0.25) is 0 Å². The molecule has 0 radical (unpaired) electrons. The predicted octanol–water partition coefficient (Wildman–Crippen LogP) is 2.99. The van der Waals surface area contributed by atoms with Crippen LogP contribution in [0.15, 0.2) is 35.8 Å². The Morgan fingerprint density at radius 2 is 2.18 bits per heavy atom. The predicted molar refractivity (Wildman–Crippen MR) is 71.2 cm³/mol. The lowest BCUT2D eigenvalue weighted by Crippen LogP contribution is -2.15. The molecule has 1 saturated carbocycles. The van der Waals surface area contributed by atoms with Gasteiger partial charge in [-0.25, -0.2) is 4.98 Å². The van der Waals surface area contributed by atoms with E-state index >= 15 is 0 Å². The van der Waals surface area contributed by atoms with Crippen LogP contribution >= 0.6 is 11.3 Å². The van der Waals surface area contributed by atoms with Crippen LogP contribution in [-0.2, 0) is 13.0 Å². The Kier molecular flexibility index (Phi) is 3.20. The molecule has 1 aliphatic carbocycles. The molecule has 0 spiro atoms. The van der Waals surface area contributed by atoms with Crippen molar-refractivity contribution in [2.45, 2.75) is 31.8 Å². The Balaban J connectivity index is 1.65. The van der Waals surface area contributed by atoms with Crippen molar-refractivity contribution in [2.24, 2.45) is 0 Å². The molecule has 1 aromatic carbocycles. The molecule has 1 aliphatic rings. The Morgan fingerprint density at radius 1 is 1.29 bits per heavy atom. The lowest BCUT2D eigenvalue weighted by molar-refractivity contribution is 0.687. The smallest absolute Gasteiger partial charge is 0.0968 e. The van der Waals surface area contributed by atoms with E-state index in [1.54, 1.807) is 11.3 Å². The van der Waals surface area contributed by atoms with Crippen LogP contribution in [0.5, 0.6) is 0 Å². The Hall–Kier alpha value is -1.19. The molecular formula is C14H16N2S. The summed E-state index contributed by atoms with van der Waals surface area (Å²) < 4.78 is 0. The van der Waals surface area contributed by atoms with Crippen molar-refractivity contribution >= 4 is 11.3 Å². The highest BCUT2D eigenvalue weighted by Gasteiger charge is 2.19. The quantitative estimate of drug-likeness (QED) is 0.874. The average Bonchev–Trinajstić information content (AvgIpc) is 3.05. The maximum atomic E-state index is 4.33. The standard InChI is InChI=1S/C14H16N2S/c1-2-11(9-14-15-6-7-17-14)8-12(3-1)10-16-13-4-5-13/h1-3,6-8,13,16H,4-5,9-10H2. The van der Waals surface area contributed by atoms with E-state index in [1.165, 1.54) is 29.0 Å². The van der Waals surface area contributed by atoms with Gasteiger partial charge in [0.05, 0.1) is 5.01 Å². The zero-order valence-corrected chi connectivity index (χ0v) is 10.5. The highest BCUT2D eigenvalue weighted by Crippen LogP contribution is 2.19. The lowest BCUT2D eigenvalue weighted by atomic mass is 10.1. The molecule has 0 atom stereocenters. The van der Waals surface area contributed by atoms with Crippen molar-refractivity contribution in [1.82, 2.24) is 10.3 Å². The zero-order valence-electron chi connectivity index (χ0n) is 9.73. The summed E-state index contributed by atoms with van der Waals surface area (Å²) in [5.74, 6) is 0. The third kappa shape index (κ3) is 3.14. The largest absolute Gasteiger partial charge is 0.310 e. The van der Waals surface area contributed by atoms with Gasteiger partial charge in [-0.1, -0.05) is 24.3 Å². The van der Waals surface area contributed by atoms with E-state index in [0.717, 1.165) is 19.0 Å². The molecule has 88 valence electrons. The van der Waals surface area contributed by atoms with Crippen molar-refractivity contribution in [2.75, 3.05) is 0 Å². The molecule has 17 heavy (non-hydrogen) atoms. The summed E-state index contributed by atoms with van der Waals surface area (Å²) in [5, 5.41) is 6.77. The van der Waals surface area contributed by atoms with E-state index in [0.29, 0.717) is 0 Å². The van der Waals surface area contributed by atoms with Crippen LogP contribution in [0.4, 0.5) is 0 Å². The van der Waals surface area contributed by atoms with Crippen LogP contribution in [0.2, 0.25) is 0 Å². The molecule has 3 rings (SSSR count). The SMILES string of the molecule is c1cc(CNC2CC2)cc(Cc2nccs2)c1. The molecule has 1 N–H and O–H groups in total. The first-order valence-corrected chi connectivity index (χ1v) is 6.98. The second kappa shape index (κ2) is 4.98. The number of aromatic nitrogens is 1. The maximum absolute atomic E-state index is 4.33. The van der Waals surface area contributed by atoms with E-state index < -0.39 is 0 Å². The summed E-state index contributed by atoms with van der Waals surface area (Å²) in [6, 6.07) is 9.59. The normalized spacial score (nSPS) is 15.1. The average molecular weight is 244 g/mol. The fourth-order valence-corrected chi connectivity index (χ4v) is 2.56. The summed E-state index contributed by atoms with van der Waals surface area (Å²) in [5.41, 5.74) is 2.74. The summed E-state index contributed by atoms with van der Waals surface area (Å²) in [4.78, 5) is 4.33. The third-order valence-corrected chi connectivity index (χ3v) is 3.78. The van der Waals surface area contributed by atoms with Gasteiger partial charge in [-0.05, 0) is 24.0 Å². The van der Waals surface area contributed by atoms with Gasteiger partial charge < -0.3 is 5.32 Å². The van der Waals surface area contributed by atoms with E-state index in [9.17, 15) is 0 Å². The lowest BCUT2D eigenvalue weighted by Gasteiger charge is -2.05. The molecule has 0 saturated heterocycles. The summed E-state index contributed by atoms with van der Waals surface area (Å²) in [6.45, 7) is 0.996. The fourth-order valence-electron chi connectivity index (χ4n) is 1.91. The van der Waals surface area contributed by atoms with E-state index in [1.807, 2.05) is 11.6 Å². The molecular weight excluding hydrogens is 228 g/mol. The maximum Gasteiger partial charge on any atom is 0.0968 e. The number of rotatable bonds is 5. The second-order valence-electron chi connectivity index (χ2n) is 4.58. The van der Waals surface area contributed by atoms with Gasteiger partial charge in [-0.3, -0.25) is 0 Å². The minimum absolute atomic E-state index is 0.776. The number of nitrogens with one attached hydrogen (secondary N) is 1. The van der Waals surface area contributed by atoms with Gasteiger partial charge in [0.25, 0.3) is 0 Å². The van der Waals surface area contributed by atoms with E-state index in [-0.39, 0.29) is 0 Å². The van der Waals surface area contributed by atoms with Crippen LogP contribution in [0.25, 0.3) is 0 Å². The van der Waals surface area contributed by atoms with Gasteiger partial charge in [-0.2, -0.15) is 0 Å². The number of benzene rings is 1. The van der Waals surface area contributed by atoms with Crippen LogP contribution in [-0.4, -0.2) is 11.0 Å². The van der Waals surface area contributed by atoms with Gasteiger partial charge in [0, 0.05) is 30.6 Å². The second-order valence-corrected chi connectivity index (χ2v) is 5.56. The molecule has 0 unspecified atom stereocenters. The first kappa shape index (κ1) is 10.9. The monoisotopic (exact) mass is 244 g/mol. The van der Waals surface area contributed by atoms with Crippen LogP contribution in [0, 0.1) is 0 Å². The molecule has 0 amide bonds. The minimum Gasteiger partial charge on any atom is -0.310 e. The van der Waals surface area contributed by atoms with Crippen molar-refractivity contribution < 1.29 is 0 Å². The number of hydrogen-bond acceptors (Lipinski definition) is 3. The molecule has 2 aromatic rings. The first-order valence-electron chi connectivity index (χ1n) is 6.10. The van der Waals surface area contributed by atoms with Gasteiger partial charge in [0.15, 0.2) is 0 Å². The van der Waals surface area contributed by atoms with E-state index in [4.69, 9.17) is 0 Å². The van der Waals surface area contributed by atoms with Crippen LogP contribution in [0.1, 0.15) is 29.0 Å². The Bertz CT molecular complexity index is 475. The summed E-state index contributed by atoms with van der Waals surface area (Å²) >= 11 is 1.73. The summed E-state index contributed by atoms with van der Waals surface area (Å²) in [7, 11) is 0. The third-order valence-electron chi connectivity index (χ3n) is 3.00. The molecule has 3 heteroatoms. The molecule has 0 aliphatic heterocycles. The highest BCUT2D eigenvalue weighted by atomic mass is 32.1. The first-order chi connectivity index (χ1) is 8.40. The molecule has 1 heterocycles. The van der Waals surface area contributed by atoms with Gasteiger partial charge in [-0.15, -0.1) is 11.3 Å². The Morgan fingerprint density at radius 3 is 2.94 bits per heavy atom. The molecule has 0 bridgehead atoms. The number of nitrogens with zero attached hydrogens (tertiary/aromatic N) is 1. The molecule has 1 aromatic heterocycles. The van der Waals surface area contributed by atoms with Crippen molar-refractivity contribution in [3.05, 3.63) is 52.0 Å². The van der Waals surface area contributed by atoms with Crippen molar-refractivity contribution in [3.8, 4) is 0 Å². The highest BCUT2D eigenvalue weighted by molar-refractivity contribution is 7.09. The molecule has 1 fully saturated rings. The van der Waals surface area contributed by atoms with Crippen molar-refractivity contribution in [3.63, 3.8) is 0 Å². The topological polar surface area (TPSA) is 24.9 Å². The molecule has 2 nitrogen and oxygen atoms in total. The Labute approximate surface area is 106 Å². The number of hydrogen-bond donors (Lipinski definition) is 1. The van der Waals surface area contributed by atoms with Crippen LogP contribution < -0.4 is 5.32 Å². The van der Waals surface area contributed by atoms with E-state index in [2.05, 4.69) is 34.6 Å². The summed E-state index contributed by atoms with van der Waals surface area (Å²) in [6.07, 6.45) is 5.52.